The van der Waals surface area contributed by atoms with Crippen LogP contribution in [-0.4, -0.2) is 23.0 Å². The first kappa shape index (κ1) is 13.4. The maximum absolute atomic E-state index is 12.3. The first-order chi connectivity index (χ1) is 8.51. The first-order valence-electron chi connectivity index (χ1n) is 7.05. The van der Waals surface area contributed by atoms with Crippen LogP contribution in [0.25, 0.3) is 0 Å². The van der Waals surface area contributed by atoms with Crippen molar-refractivity contribution in [2.75, 3.05) is 0 Å². The van der Waals surface area contributed by atoms with Crippen LogP contribution < -0.4 is 5.32 Å². The van der Waals surface area contributed by atoms with Gasteiger partial charge in [0.2, 0.25) is 5.91 Å². The highest BCUT2D eigenvalue weighted by atomic mass is 16.4. The van der Waals surface area contributed by atoms with E-state index in [4.69, 9.17) is 5.11 Å². The molecular formula is C14H23NO3. The molecule has 4 heteroatoms. The highest BCUT2D eigenvalue weighted by Crippen LogP contribution is 2.36. The molecule has 4 nitrogen and oxygen atoms in total. The Labute approximate surface area is 108 Å². The van der Waals surface area contributed by atoms with E-state index in [-0.39, 0.29) is 23.3 Å². The van der Waals surface area contributed by atoms with Gasteiger partial charge < -0.3 is 10.4 Å². The van der Waals surface area contributed by atoms with Gasteiger partial charge in [-0.2, -0.15) is 0 Å². The van der Waals surface area contributed by atoms with Gasteiger partial charge in [-0.25, -0.2) is 0 Å². The Balaban J connectivity index is 1.82. The van der Waals surface area contributed by atoms with Crippen molar-refractivity contribution in [1.29, 1.82) is 0 Å². The predicted octanol–water partition coefficient (Wildman–Crippen LogP) is 2.33. The molecule has 2 saturated carbocycles. The maximum atomic E-state index is 12.3. The van der Waals surface area contributed by atoms with Crippen LogP contribution >= 0.6 is 0 Å². The molecule has 0 bridgehead atoms. The van der Waals surface area contributed by atoms with Crippen LogP contribution in [0, 0.1) is 11.3 Å². The van der Waals surface area contributed by atoms with E-state index in [1.165, 1.54) is 12.8 Å². The van der Waals surface area contributed by atoms with E-state index in [1.54, 1.807) is 0 Å². The SMILES string of the molecule is CC1(C(=O)NC2CC(C(=O)O)C2)CCCCCC1. The summed E-state index contributed by atoms with van der Waals surface area (Å²) in [6.45, 7) is 2.06. The fourth-order valence-corrected chi connectivity index (χ4v) is 3.03. The van der Waals surface area contributed by atoms with E-state index in [2.05, 4.69) is 12.2 Å². The first-order valence-corrected chi connectivity index (χ1v) is 7.05. The van der Waals surface area contributed by atoms with Gasteiger partial charge in [0.15, 0.2) is 0 Å². The fraction of sp³-hybridized carbons (Fsp3) is 0.857. The van der Waals surface area contributed by atoms with Gasteiger partial charge in [-0.3, -0.25) is 9.59 Å². The minimum Gasteiger partial charge on any atom is -0.481 e. The van der Waals surface area contributed by atoms with Crippen molar-refractivity contribution in [3.8, 4) is 0 Å². The zero-order valence-electron chi connectivity index (χ0n) is 11.1. The average Bonchev–Trinajstić information content (AvgIpc) is 2.48. The topological polar surface area (TPSA) is 66.4 Å². The Bertz CT molecular complexity index is 326. The lowest BCUT2D eigenvalue weighted by Crippen LogP contribution is -2.51. The number of carboxylic acid groups (broad SMARTS) is 1. The molecule has 102 valence electrons. The van der Waals surface area contributed by atoms with Gasteiger partial charge in [0, 0.05) is 11.5 Å². The van der Waals surface area contributed by atoms with Crippen molar-refractivity contribution in [3.05, 3.63) is 0 Å². The molecule has 0 spiro atoms. The molecule has 0 heterocycles. The summed E-state index contributed by atoms with van der Waals surface area (Å²) < 4.78 is 0. The van der Waals surface area contributed by atoms with E-state index in [0.717, 1.165) is 25.7 Å². The van der Waals surface area contributed by atoms with Gasteiger partial charge in [-0.1, -0.05) is 32.6 Å². The normalized spacial score (nSPS) is 30.9. The summed E-state index contributed by atoms with van der Waals surface area (Å²) in [6, 6.07) is 0.0821. The van der Waals surface area contributed by atoms with Crippen molar-refractivity contribution in [1.82, 2.24) is 5.32 Å². The summed E-state index contributed by atoms with van der Waals surface area (Å²) in [6.07, 6.45) is 7.84. The molecule has 0 radical (unpaired) electrons. The van der Waals surface area contributed by atoms with Crippen molar-refractivity contribution in [3.63, 3.8) is 0 Å². The number of hydrogen-bond donors (Lipinski definition) is 2. The number of rotatable bonds is 3. The minimum atomic E-state index is -0.735. The second kappa shape index (κ2) is 5.29. The molecule has 2 aliphatic rings. The van der Waals surface area contributed by atoms with E-state index in [9.17, 15) is 9.59 Å². The van der Waals surface area contributed by atoms with Gasteiger partial charge >= 0.3 is 5.97 Å². The van der Waals surface area contributed by atoms with E-state index < -0.39 is 5.97 Å². The number of carbonyl (C=O) groups is 2. The Morgan fingerprint density at radius 1 is 1.11 bits per heavy atom. The Morgan fingerprint density at radius 3 is 2.17 bits per heavy atom. The third kappa shape index (κ3) is 2.85. The third-order valence-corrected chi connectivity index (χ3v) is 4.58. The summed E-state index contributed by atoms with van der Waals surface area (Å²) in [5.41, 5.74) is -0.231. The van der Waals surface area contributed by atoms with Crippen molar-refractivity contribution in [2.45, 2.75) is 64.3 Å². The van der Waals surface area contributed by atoms with Crippen molar-refractivity contribution >= 4 is 11.9 Å². The predicted molar refractivity (Wildman–Crippen MR) is 68.1 cm³/mol. The minimum absolute atomic E-state index is 0.0821. The molecule has 2 N–H and O–H groups in total. The summed E-state index contributed by atoms with van der Waals surface area (Å²) in [5, 5.41) is 11.8. The summed E-state index contributed by atoms with van der Waals surface area (Å²) in [7, 11) is 0. The number of hydrogen-bond acceptors (Lipinski definition) is 2. The van der Waals surface area contributed by atoms with Gasteiger partial charge in [-0.15, -0.1) is 0 Å². The number of amides is 1. The van der Waals surface area contributed by atoms with Gasteiger partial charge in [0.25, 0.3) is 0 Å². The Kier molecular flexibility index (Phi) is 3.93. The van der Waals surface area contributed by atoms with Gasteiger partial charge in [0.05, 0.1) is 5.92 Å². The Hall–Kier alpha value is -1.06. The maximum Gasteiger partial charge on any atom is 0.306 e. The smallest absolute Gasteiger partial charge is 0.306 e. The molecule has 18 heavy (non-hydrogen) atoms. The molecule has 0 atom stereocenters. The van der Waals surface area contributed by atoms with Crippen LogP contribution in [0.5, 0.6) is 0 Å². The van der Waals surface area contributed by atoms with Crippen molar-refractivity contribution < 1.29 is 14.7 Å². The number of carbonyl (C=O) groups excluding carboxylic acids is 1. The quantitative estimate of drug-likeness (QED) is 0.759. The third-order valence-electron chi connectivity index (χ3n) is 4.58. The molecule has 0 aromatic rings. The second-order valence-corrected chi connectivity index (χ2v) is 6.15. The van der Waals surface area contributed by atoms with E-state index in [0.29, 0.717) is 12.8 Å². The lowest BCUT2D eigenvalue weighted by Gasteiger charge is -2.36. The molecule has 0 aromatic carbocycles. The van der Waals surface area contributed by atoms with Gasteiger partial charge in [0.1, 0.15) is 0 Å². The fourth-order valence-electron chi connectivity index (χ4n) is 3.03. The highest BCUT2D eigenvalue weighted by molar-refractivity contribution is 5.83. The highest BCUT2D eigenvalue weighted by Gasteiger charge is 2.39. The molecule has 0 saturated heterocycles. The van der Waals surface area contributed by atoms with Crippen LogP contribution in [-0.2, 0) is 9.59 Å². The Morgan fingerprint density at radius 2 is 1.67 bits per heavy atom. The second-order valence-electron chi connectivity index (χ2n) is 6.15. The monoisotopic (exact) mass is 253 g/mol. The molecule has 1 amide bonds. The lowest BCUT2D eigenvalue weighted by molar-refractivity contribution is -0.147. The summed E-state index contributed by atoms with van der Waals surface area (Å²) in [5.74, 6) is -0.850. The zero-order chi connectivity index (χ0) is 13.2. The summed E-state index contributed by atoms with van der Waals surface area (Å²) in [4.78, 5) is 23.0. The van der Waals surface area contributed by atoms with Crippen LogP contribution in [0.15, 0.2) is 0 Å². The number of aliphatic carboxylic acids is 1. The largest absolute Gasteiger partial charge is 0.481 e. The van der Waals surface area contributed by atoms with Gasteiger partial charge in [-0.05, 0) is 25.7 Å². The molecule has 0 aliphatic heterocycles. The number of nitrogens with one attached hydrogen (secondary N) is 1. The van der Waals surface area contributed by atoms with E-state index >= 15 is 0 Å². The molecule has 0 unspecified atom stereocenters. The molecular weight excluding hydrogens is 230 g/mol. The molecule has 2 aliphatic carbocycles. The van der Waals surface area contributed by atoms with Crippen LogP contribution in [0.3, 0.4) is 0 Å². The molecule has 2 rings (SSSR count). The zero-order valence-corrected chi connectivity index (χ0v) is 11.1. The van der Waals surface area contributed by atoms with Crippen molar-refractivity contribution in [2.24, 2.45) is 11.3 Å². The average molecular weight is 253 g/mol. The standard InChI is InChI=1S/C14H23NO3/c1-14(6-4-2-3-5-7-14)13(18)15-11-8-10(9-11)12(16)17/h10-11H,2-9H2,1H3,(H,15,18)(H,16,17). The number of carboxylic acids is 1. The molecule has 0 aromatic heterocycles. The molecule has 2 fully saturated rings. The van der Waals surface area contributed by atoms with E-state index in [1.807, 2.05) is 0 Å². The van der Waals surface area contributed by atoms with Crippen LogP contribution in [0.4, 0.5) is 0 Å². The van der Waals surface area contributed by atoms with Crippen LogP contribution in [0.2, 0.25) is 0 Å². The summed E-state index contributed by atoms with van der Waals surface area (Å²) >= 11 is 0. The lowest BCUT2D eigenvalue weighted by atomic mass is 9.77. The van der Waals surface area contributed by atoms with Crippen LogP contribution in [0.1, 0.15) is 58.3 Å².